The summed E-state index contributed by atoms with van der Waals surface area (Å²) in [6.45, 7) is 5.54. The average Bonchev–Trinajstić information content (AvgIpc) is 3.47. The third-order valence-corrected chi connectivity index (χ3v) is 7.37. The number of nitrogens with one attached hydrogen (secondary N) is 1. The van der Waals surface area contributed by atoms with Crippen molar-refractivity contribution in [3.05, 3.63) is 71.2 Å². The average molecular weight is 558 g/mol. The van der Waals surface area contributed by atoms with Crippen molar-refractivity contribution in [1.82, 2.24) is 19.8 Å². The van der Waals surface area contributed by atoms with E-state index in [0.717, 1.165) is 50.1 Å². The smallest absolute Gasteiger partial charge is 0.433 e. The van der Waals surface area contributed by atoms with Gasteiger partial charge >= 0.3 is 6.18 Å². The summed E-state index contributed by atoms with van der Waals surface area (Å²) in [5, 5.41) is 18.0. The van der Waals surface area contributed by atoms with Gasteiger partial charge in [-0.3, -0.25) is 9.80 Å². The molecule has 7 nitrogen and oxygen atoms in total. The van der Waals surface area contributed by atoms with Crippen LogP contribution in [0.1, 0.15) is 5.69 Å². The van der Waals surface area contributed by atoms with E-state index in [0.29, 0.717) is 29.9 Å². The van der Waals surface area contributed by atoms with Crippen LogP contribution >= 0.6 is 11.3 Å². The number of pyridine rings is 2. The number of aliphatic hydroxyl groups excluding tert-OH is 1. The van der Waals surface area contributed by atoms with Gasteiger partial charge in [0, 0.05) is 63.0 Å². The van der Waals surface area contributed by atoms with Crippen molar-refractivity contribution < 1.29 is 23.0 Å². The van der Waals surface area contributed by atoms with E-state index in [9.17, 15) is 18.3 Å². The van der Waals surface area contributed by atoms with Crippen LogP contribution in [0.2, 0.25) is 0 Å². The summed E-state index contributed by atoms with van der Waals surface area (Å²) in [6.07, 6.45) is -3.50. The number of hydrogen-bond donors (Lipinski definition) is 2. The highest BCUT2D eigenvalue weighted by molar-refractivity contribution is 7.08. The Labute approximate surface area is 228 Å². The molecule has 4 heterocycles. The third kappa shape index (κ3) is 7.04. The van der Waals surface area contributed by atoms with E-state index in [1.54, 1.807) is 6.20 Å². The molecule has 0 saturated carbocycles. The second-order valence-electron chi connectivity index (χ2n) is 9.47. The van der Waals surface area contributed by atoms with Crippen LogP contribution in [0, 0.1) is 0 Å². The Morgan fingerprint density at radius 1 is 1.03 bits per heavy atom. The van der Waals surface area contributed by atoms with Gasteiger partial charge < -0.3 is 15.2 Å². The maximum Gasteiger partial charge on any atom is 0.433 e. The second kappa shape index (κ2) is 12.3. The van der Waals surface area contributed by atoms with Gasteiger partial charge in [-0.05, 0) is 46.7 Å². The summed E-state index contributed by atoms with van der Waals surface area (Å²) in [6, 6.07) is 13.8. The fourth-order valence-corrected chi connectivity index (χ4v) is 5.29. The van der Waals surface area contributed by atoms with Gasteiger partial charge in [0.1, 0.15) is 30.0 Å². The zero-order valence-corrected chi connectivity index (χ0v) is 22.1. The minimum Gasteiger partial charge on any atom is -0.491 e. The van der Waals surface area contributed by atoms with Gasteiger partial charge in [0.15, 0.2) is 0 Å². The van der Waals surface area contributed by atoms with Crippen molar-refractivity contribution in [2.24, 2.45) is 0 Å². The number of β-amino-alcohol motifs (C(OH)–C–C–N with tert-alkyl or cyclic N) is 1. The molecule has 0 aliphatic carbocycles. The molecule has 11 heteroatoms. The number of aliphatic hydroxyl groups is 1. The third-order valence-electron chi connectivity index (χ3n) is 6.69. The summed E-state index contributed by atoms with van der Waals surface area (Å²) in [5.41, 5.74) is 0.739. The number of aromatic nitrogens is 2. The number of rotatable bonds is 10. The molecular formula is C28H30F3N5O2S. The van der Waals surface area contributed by atoms with Gasteiger partial charge in [0.05, 0.1) is 5.52 Å². The molecule has 1 atom stereocenters. The molecule has 1 unspecified atom stereocenters. The second-order valence-corrected chi connectivity index (χ2v) is 10.2. The molecule has 1 fully saturated rings. The number of halogens is 3. The molecule has 1 saturated heterocycles. The number of para-hydroxylation sites is 1. The van der Waals surface area contributed by atoms with Crippen molar-refractivity contribution >= 4 is 28.1 Å². The fourth-order valence-electron chi connectivity index (χ4n) is 4.63. The lowest BCUT2D eigenvalue weighted by molar-refractivity contribution is -0.140. The first-order valence-corrected chi connectivity index (χ1v) is 13.7. The predicted octanol–water partition coefficient (Wildman–Crippen LogP) is 4.85. The van der Waals surface area contributed by atoms with E-state index in [4.69, 9.17) is 4.74 Å². The number of alkyl halides is 3. The lowest BCUT2D eigenvalue weighted by atomic mass is 10.1. The number of thiophene rings is 1. The Bertz CT molecular complexity index is 1350. The molecule has 2 N–H and O–H groups in total. The Hall–Kier alpha value is -3.25. The highest BCUT2D eigenvalue weighted by atomic mass is 32.1. The van der Waals surface area contributed by atoms with Gasteiger partial charge in [-0.25, -0.2) is 9.97 Å². The highest BCUT2D eigenvalue weighted by Gasteiger charge is 2.33. The molecule has 39 heavy (non-hydrogen) atoms. The maximum absolute atomic E-state index is 13.4. The molecule has 4 aromatic rings. The summed E-state index contributed by atoms with van der Waals surface area (Å²) >= 11 is 1.47. The summed E-state index contributed by atoms with van der Waals surface area (Å²) in [5.74, 6) is 1.26. The number of benzene rings is 1. The van der Waals surface area contributed by atoms with E-state index >= 15 is 0 Å². The van der Waals surface area contributed by atoms with Gasteiger partial charge in [0.25, 0.3) is 0 Å². The molecule has 3 aromatic heterocycles. The number of ether oxygens (including phenoxy) is 1. The molecule has 1 aromatic carbocycles. The van der Waals surface area contributed by atoms with Gasteiger partial charge in [-0.1, -0.05) is 18.2 Å². The first-order chi connectivity index (χ1) is 18.9. The van der Waals surface area contributed by atoms with Gasteiger partial charge in [-0.15, -0.1) is 0 Å². The normalized spacial score (nSPS) is 15.9. The Morgan fingerprint density at radius 3 is 2.51 bits per heavy atom. The first kappa shape index (κ1) is 27.3. The molecule has 1 aliphatic heterocycles. The molecular weight excluding hydrogens is 527 g/mol. The molecule has 0 bridgehead atoms. The quantitative estimate of drug-likeness (QED) is 0.289. The van der Waals surface area contributed by atoms with Crippen LogP contribution in [-0.2, 0) is 6.18 Å². The number of piperazine rings is 1. The number of anilines is 1. The largest absolute Gasteiger partial charge is 0.491 e. The number of nitrogens with zero attached hydrogens (tertiary/aromatic N) is 4. The zero-order valence-electron chi connectivity index (χ0n) is 21.3. The van der Waals surface area contributed by atoms with Crippen molar-refractivity contribution in [3.63, 3.8) is 0 Å². The SMILES string of the molecule is OC(COc1ccccc1)CN1CCN(CCNc2ncc(-c3ccsc3)c3nc(C(F)(F)F)ccc23)CC1. The van der Waals surface area contributed by atoms with E-state index in [2.05, 4.69) is 25.1 Å². The Morgan fingerprint density at radius 2 is 1.79 bits per heavy atom. The maximum atomic E-state index is 13.4. The van der Waals surface area contributed by atoms with Crippen molar-refractivity contribution in [3.8, 4) is 16.9 Å². The van der Waals surface area contributed by atoms with Gasteiger partial charge in [0.2, 0.25) is 0 Å². The van der Waals surface area contributed by atoms with Crippen LogP contribution in [0.3, 0.4) is 0 Å². The molecule has 5 rings (SSSR count). The summed E-state index contributed by atoms with van der Waals surface area (Å²) in [7, 11) is 0. The van der Waals surface area contributed by atoms with Crippen LogP contribution in [0.4, 0.5) is 19.0 Å². The first-order valence-electron chi connectivity index (χ1n) is 12.8. The topological polar surface area (TPSA) is 73.8 Å². The lowest BCUT2D eigenvalue weighted by Gasteiger charge is -2.35. The van der Waals surface area contributed by atoms with Crippen LogP contribution in [0.25, 0.3) is 22.0 Å². The molecule has 0 spiro atoms. The Balaban J connectivity index is 1.14. The standard InChI is InChI=1S/C28H30F3N5O2S/c29-28(30,31)25-7-6-23-26(34-25)24(20-8-15-39-19-20)16-33-27(23)32-9-10-35-11-13-36(14-12-35)17-21(37)18-38-22-4-2-1-3-5-22/h1-8,15-16,19,21,37H,9-14,17-18H2,(H,32,33). The fraction of sp³-hybridized carbons (Fsp3) is 0.357. The highest BCUT2D eigenvalue weighted by Crippen LogP contribution is 2.35. The molecule has 1 aliphatic rings. The van der Waals surface area contributed by atoms with Crippen LogP contribution in [0.15, 0.2) is 65.5 Å². The van der Waals surface area contributed by atoms with E-state index in [1.165, 1.54) is 17.4 Å². The zero-order chi connectivity index (χ0) is 27.2. The molecule has 0 amide bonds. The Kier molecular flexibility index (Phi) is 8.61. The van der Waals surface area contributed by atoms with Crippen molar-refractivity contribution in [2.75, 3.05) is 57.7 Å². The summed E-state index contributed by atoms with van der Waals surface area (Å²) < 4.78 is 45.8. The van der Waals surface area contributed by atoms with Gasteiger partial charge in [-0.2, -0.15) is 24.5 Å². The molecule has 206 valence electrons. The molecule has 0 radical (unpaired) electrons. The number of hydrogen-bond acceptors (Lipinski definition) is 8. The lowest BCUT2D eigenvalue weighted by Crippen LogP contribution is -2.50. The predicted molar refractivity (Wildman–Crippen MR) is 147 cm³/mol. The minimum absolute atomic E-state index is 0.250. The van der Waals surface area contributed by atoms with Crippen molar-refractivity contribution in [1.29, 1.82) is 0 Å². The van der Waals surface area contributed by atoms with E-state index in [-0.39, 0.29) is 12.1 Å². The minimum atomic E-state index is -4.52. The van der Waals surface area contributed by atoms with Crippen LogP contribution in [0.5, 0.6) is 5.75 Å². The van der Waals surface area contributed by atoms with E-state index < -0.39 is 18.0 Å². The number of fused-ring (bicyclic) bond motifs is 1. The van der Waals surface area contributed by atoms with Crippen molar-refractivity contribution in [2.45, 2.75) is 12.3 Å². The van der Waals surface area contributed by atoms with Crippen LogP contribution in [-0.4, -0.2) is 83.4 Å². The monoisotopic (exact) mass is 557 g/mol. The summed E-state index contributed by atoms with van der Waals surface area (Å²) in [4.78, 5) is 13.0. The van der Waals surface area contributed by atoms with E-state index in [1.807, 2.05) is 47.2 Å². The van der Waals surface area contributed by atoms with Crippen LogP contribution < -0.4 is 10.1 Å².